The molecule has 0 unspecified atom stereocenters. The minimum atomic E-state index is 0.682. The average Bonchev–Trinajstić information content (AvgIpc) is 2.73. The lowest BCUT2D eigenvalue weighted by molar-refractivity contribution is 0.0688. The Hall–Kier alpha value is -0.490. The lowest BCUT2D eigenvalue weighted by atomic mass is 10.3. The minimum Gasteiger partial charge on any atom is -0.382 e. The molecule has 0 saturated heterocycles. The van der Waals surface area contributed by atoms with Gasteiger partial charge < -0.3 is 14.8 Å². The molecule has 5 heteroatoms. The summed E-state index contributed by atoms with van der Waals surface area (Å²) in [6, 6.07) is 0. The number of nitrogens with zero attached hydrogens (tertiary/aromatic N) is 1. The predicted octanol–water partition coefficient (Wildman–Crippen LogP) is 1.98. The van der Waals surface area contributed by atoms with Gasteiger partial charge in [0.15, 0.2) is 0 Å². The summed E-state index contributed by atoms with van der Waals surface area (Å²) < 4.78 is 10.3. The molecule has 0 saturated carbocycles. The molecule has 17 heavy (non-hydrogen) atoms. The van der Waals surface area contributed by atoms with Crippen LogP contribution in [-0.4, -0.2) is 38.5 Å². The van der Waals surface area contributed by atoms with Crippen LogP contribution in [0.4, 0.5) is 0 Å². The maximum atomic E-state index is 5.38. The highest BCUT2D eigenvalue weighted by Gasteiger charge is 1.97. The van der Waals surface area contributed by atoms with Crippen molar-refractivity contribution in [2.24, 2.45) is 0 Å². The van der Waals surface area contributed by atoms with E-state index in [1.54, 1.807) is 18.4 Å². The number of methoxy groups -OCH3 is 1. The molecule has 0 amide bonds. The van der Waals surface area contributed by atoms with E-state index in [0.717, 1.165) is 38.2 Å². The van der Waals surface area contributed by atoms with Crippen molar-refractivity contribution in [3.63, 3.8) is 0 Å². The number of aryl methyl sites for hydroxylation is 1. The van der Waals surface area contributed by atoms with Crippen LogP contribution in [0.1, 0.15) is 23.5 Å². The summed E-state index contributed by atoms with van der Waals surface area (Å²) in [6.45, 7) is 6.12. The molecular formula is C12H22N2O2S. The number of thiazole rings is 1. The highest BCUT2D eigenvalue weighted by Crippen LogP contribution is 2.07. The number of rotatable bonds is 10. The lowest BCUT2D eigenvalue weighted by Gasteiger charge is -2.04. The molecule has 0 bridgehead atoms. The Morgan fingerprint density at radius 1 is 1.29 bits per heavy atom. The molecule has 0 aliphatic heterocycles. The average molecular weight is 258 g/mol. The van der Waals surface area contributed by atoms with E-state index in [4.69, 9.17) is 9.47 Å². The van der Waals surface area contributed by atoms with E-state index in [9.17, 15) is 0 Å². The van der Waals surface area contributed by atoms with Gasteiger partial charge in [-0.2, -0.15) is 0 Å². The van der Waals surface area contributed by atoms with Crippen LogP contribution in [0, 0.1) is 6.92 Å². The summed E-state index contributed by atoms with van der Waals surface area (Å²) in [5.74, 6) is 0. The maximum absolute atomic E-state index is 5.38. The fraction of sp³-hybridized carbons (Fsp3) is 0.750. The Bertz CT molecular complexity index is 292. The molecule has 1 rings (SSSR count). The Morgan fingerprint density at radius 3 is 2.88 bits per heavy atom. The molecule has 1 aromatic heterocycles. The quantitative estimate of drug-likeness (QED) is 0.652. The van der Waals surface area contributed by atoms with Gasteiger partial charge in [0.1, 0.15) is 5.01 Å². The highest BCUT2D eigenvalue weighted by molar-refractivity contribution is 7.09. The minimum absolute atomic E-state index is 0.682. The summed E-state index contributed by atoms with van der Waals surface area (Å²) in [5, 5.41) is 6.63. The normalized spacial score (nSPS) is 10.9. The van der Waals surface area contributed by atoms with Gasteiger partial charge in [0.25, 0.3) is 0 Å². The molecule has 4 nitrogen and oxygen atoms in total. The van der Waals surface area contributed by atoms with Crippen molar-refractivity contribution < 1.29 is 9.47 Å². The van der Waals surface area contributed by atoms with Gasteiger partial charge in [-0.25, -0.2) is 4.98 Å². The summed E-state index contributed by atoms with van der Waals surface area (Å²) in [7, 11) is 1.69. The van der Waals surface area contributed by atoms with Gasteiger partial charge in [0, 0.05) is 31.3 Å². The van der Waals surface area contributed by atoms with Crippen molar-refractivity contribution in [3.05, 3.63) is 16.1 Å². The largest absolute Gasteiger partial charge is 0.382 e. The van der Waals surface area contributed by atoms with Gasteiger partial charge in [-0.1, -0.05) is 0 Å². The first-order valence-corrected chi connectivity index (χ1v) is 6.89. The van der Waals surface area contributed by atoms with Crippen molar-refractivity contribution in [2.75, 3.05) is 33.5 Å². The Kier molecular flexibility index (Phi) is 8.17. The zero-order valence-corrected chi connectivity index (χ0v) is 11.5. The van der Waals surface area contributed by atoms with Crippen LogP contribution in [0.2, 0.25) is 0 Å². The van der Waals surface area contributed by atoms with Crippen LogP contribution in [-0.2, 0) is 16.0 Å². The first kappa shape index (κ1) is 14.6. The Morgan fingerprint density at radius 2 is 2.18 bits per heavy atom. The SMILES string of the molecule is COCCOCCCCNCc1nc(C)cs1. The van der Waals surface area contributed by atoms with Gasteiger partial charge in [-0.05, 0) is 26.3 Å². The fourth-order valence-electron chi connectivity index (χ4n) is 1.38. The van der Waals surface area contributed by atoms with Crippen molar-refractivity contribution in [2.45, 2.75) is 26.3 Å². The van der Waals surface area contributed by atoms with E-state index in [1.807, 2.05) is 6.92 Å². The molecule has 98 valence electrons. The second-order valence-electron chi connectivity index (χ2n) is 3.87. The monoisotopic (exact) mass is 258 g/mol. The van der Waals surface area contributed by atoms with E-state index in [0.29, 0.717) is 13.2 Å². The molecular weight excluding hydrogens is 236 g/mol. The standard InChI is InChI=1S/C12H22N2O2S/c1-11-10-17-12(14-11)9-13-5-3-4-6-16-8-7-15-2/h10,13H,3-9H2,1-2H3. The highest BCUT2D eigenvalue weighted by atomic mass is 32.1. The topological polar surface area (TPSA) is 43.4 Å². The fourth-order valence-corrected chi connectivity index (χ4v) is 2.12. The third-order valence-electron chi connectivity index (χ3n) is 2.27. The molecule has 0 aliphatic rings. The van der Waals surface area contributed by atoms with Crippen LogP contribution >= 0.6 is 11.3 Å². The molecule has 1 aromatic rings. The van der Waals surface area contributed by atoms with Gasteiger partial charge in [0.2, 0.25) is 0 Å². The van der Waals surface area contributed by atoms with Crippen LogP contribution in [0.15, 0.2) is 5.38 Å². The third-order valence-corrected chi connectivity index (χ3v) is 3.23. The first-order chi connectivity index (χ1) is 8.33. The second kappa shape index (κ2) is 9.53. The van der Waals surface area contributed by atoms with E-state index >= 15 is 0 Å². The van der Waals surface area contributed by atoms with Gasteiger partial charge in [0.05, 0.1) is 13.2 Å². The van der Waals surface area contributed by atoms with Crippen LogP contribution in [0.5, 0.6) is 0 Å². The van der Waals surface area contributed by atoms with Crippen molar-refractivity contribution >= 4 is 11.3 Å². The molecule has 0 fully saturated rings. The van der Waals surface area contributed by atoms with Gasteiger partial charge in [-0.3, -0.25) is 0 Å². The van der Waals surface area contributed by atoms with Crippen molar-refractivity contribution in [3.8, 4) is 0 Å². The molecule has 0 aromatic carbocycles. The molecule has 1 N–H and O–H groups in total. The van der Waals surface area contributed by atoms with Crippen molar-refractivity contribution in [1.82, 2.24) is 10.3 Å². The number of nitrogens with one attached hydrogen (secondary N) is 1. The molecule has 0 spiro atoms. The summed E-state index contributed by atoms with van der Waals surface area (Å²) in [4.78, 5) is 4.40. The predicted molar refractivity (Wildman–Crippen MR) is 70.5 cm³/mol. The van der Waals surface area contributed by atoms with Crippen LogP contribution in [0.3, 0.4) is 0 Å². The zero-order chi connectivity index (χ0) is 12.3. The van der Waals surface area contributed by atoms with E-state index in [2.05, 4.69) is 15.7 Å². The maximum Gasteiger partial charge on any atom is 0.107 e. The number of unbranched alkanes of at least 4 members (excludes halogenated alkanes) is 1. The van der Waals surface area contributed by atoms with Gasteiger partial charge in [-0.15, -0.1) is 11.3 Å². The lowest BCUT2D eigenvalue weighted by Crippen LogP contribution is -2.15. The number of ether oxygens (including phenoxy) is 2. The number of aromatic nitrogens is 1. The molecule has 0 atom stereocenters. The van der Waals surface area contributed by atoms with E-state index in [1.165, 1.54) is 5.01 Å². The van der Waals surface area contributed by atoms with Crippen molar-refractivity contribution in [1.29, 1.82) is 0 Å². The molecule has 0 aliphatic carbocycles. The van der Waals surface area contributed by atoms with Crippen LogP contribution in [0.25, 0.3) is 0 Å². The molecule has 1 heterocycles. The molecule has 0 radical (unpaired) electrons. The second-order valence-corrected chi connectivity index (χ2v) is 4.81. The van der Waals surface area contributed by atoms with Crippen LogP contribution < -0.4 is 5.32 Å². The zero-order valence-electron chi connectivity index (χ0n) is 10.7. The Balaban J connectivity index is 1.84. The Labute approximate surface area is 107 Å². The third kappa shape index (κ3) is 7.44. The number of hydrogen-bond acceptors (Lipinski definition) is 5. The summed E-state index contributed by atoms with van der Waals surface area (Å²) in [6.07, 6.45) is 2.23. The first-order valence-electron chi connectivity index (χ1n) is 6.01. The van der Waals surface area contributed by atoms with E-state index in [-0.39, 0.29) is 0 Å². The number of hydrogen-bond donors (Lipinski definition) is 1. The smallest absolute Gasteiger partial charge is 0.107 e. The van der Waals surface area contributed by atoms with Gasteiger partial charge >= 0.3 is 0 Å². The van der Waals surface area contributed by atoms with E-state index < -0.39 is 0 Å². The summed E-state index contributed by atoms with van der Waals surface area (Å²) in [5.41, 5.74) is 1.11. The summed E-state index contributed by atoms with van der Waals surface area (Å²) >= 11 is 1.71.